The Kier molecular flexibility index (Phi) is 5.96. The molecule has 0 atom stereocenters. The highest BCUT2D eigenvalue weighted by Gasteiger charge is 2.16. The van der Waals surface area contributed by atoms with Gasteiger partial charge in [0.15, 0.2) is 0 Å². The minimum Gasteiger partial charge on any atom is -0.495 e. The van der Waals surface area contributed by atoms with Gasteiger partial charge in [0.05, 0.1) is 24.9 Å². The predicted molar refractivity (Wildman–Crippen MR) is 109 cm³/mol. The van der Waals surface area contributed by atoms with E-state index in [0.29, 0.717) is 33.9 Å². The van der Waals surface area contributed by atoms with Crippen molar-refractivity contribution < 1.29 is 14.3 Å². The van der Waals surface area contributed by atoms with E-state index in [2.05, 4.69) is 20.6 Å². The highest BCUT2D eigenvalue weighted by molar-refractivity contribution is 6.32. The Morgan fingerprint density at radius 3 is 2.39 bits per heavy atom. The van der Waals surface area contributed by atoms with Crippen molar-refractivity contribution in [1.82, 2.24) is 9.97 Å². The molecule has 0 saturated carbocycles. The van der Waals surface area contributed by atoms with Gasteiger partial charge in [-0.15, -0.1) is 0 Å². The highest BCUT2D eigenvalue weighted by atomic mass is 35.5. The summed E-state index contributed by atoms with van der Waals surface area (Å²) >= 11 is 6.11. The SMILES string of the molecule is COc1cc(NC(=O)c2cc(C)nc(Nc3ccccc3)n2)c(OC)cc1Cl. The number of aryl methyl sites for hydroxylation is 1. The van der Waals surface area contributed by atoms with E-state index in [1.165, 1.54) is 14.2 Å². The Morgan fingerprint density at radius 2 is 1.71 bits per heavy atom. The zero-order chi connectivity index (χ0) is 20.1. The third kappa shape index (κ3) is 4.50. The van der Waals surface area contributed by atoms with Crippen LogP contribution in [-0.4, -0.2) is 30.1 Å². The summed E-state index contributed by atoms with van der Waals surface area (Å²) in [4.78, 5) is 21.4. The first-order valence-electron chi connectivity index (χ1n) is 8.41. The fraction of sp³-hybridized carbons (Fsp3) is 0.150. The van der Waals surface area contributed by atoms with Crippen LogP contribution in [0.15, 0.2) is 48.5 Å². The van der Waals surface area contributed by atoms with Gasteiger partial charge in [-0.3, -0.25) is 4.79 Å². The van der Waals surface area contributed by atoms with Gasteiger partial charge in [-0.1, -0.05) is 29.8 Å². The first kappa shape index (κ1) is 19.4. The van der Waals surface area contributed by atoms with Crippen LogP contribution in [0.5, 0.6) is 11.5 Å². The maximum Gasteiger partial charge on any atom is 0.274 e. The molecule has 7 nitrogen and oxygen atoms in total. The van der Waals surface area contributed by atoms with Crippen LogP contribution in [0.2, 0.25) is 5.02 Å². The average Bonchev–Trinajstić information content (AvgIpc) is 2.69. The third-order valence-corrected chi connectivity index (χ3v) is 4.13. The Hall–Kier alpha value is -3.32. The van der Waals surface area contributed by atoms with Crippen molar-refractivity contribution in [3.8, 4) is 11.5 Å². The second kappa shape index (κ2) is 8.58. The molecule has 0 bridgehead atoms. The second-order valence-corrected chi connectivity index (χ2v) is 6.26. The fourth-order valence-corrected chi connectivity index (χ4v) is 2.77. The molecule has 2 N–H and O–H groups in total. The largest absolute Gasteiger partial charge is 0.495 e. The number of amides is 1. The van der Waals surface area contributed by atoms with Gasteiger partial charge in [0.1, 0.15) is 17.2 Å². The maximum absolute atomic E-state index is 12.8. The van der Waals surface area contributed by atoms with Crippen LogP contribution in [0.4, 0.5) is 17.3 Å². The van der Waals surface area contributed by atoms with Crippen LogP contribution in [0, 0.1) is 6.92 Å². The molecule has 1 amide bonds. The molecule has 3 rings (SSSR count). The Balaban J connectivity index is 1.87. The van der Waals surface area contributed by atoms with Crippen LogP contribution in [0.25, 0.3) is 0 Å². The van der Waals surface area contributed by atoms with Crippen molar-refractivity contribution in [3.05, 3.63) is 64.9 Å². The normalized spacial score (nSPS) is 10.3. The second-order valence-electron chi connectivity index (χ2n) is 5.85. The number of carbonyl (C=O) groups is 1. The minimum atomic E-state index is -0.413. The standard InChI is InChI=1S/C20H19ClN4O3/c1-12-9-16(25-20(22-12)23-13-7-5-4-6-8-13)19(26)24-15-11-17(27-2)14(21)10-18(15)28-3/h4-11H,1-3H3,(H,24,26)(H,22,23,25). The van der Waals surface area contributed by atoms with Crippen LogP contribution >= 0.6 is 11.6 Å². The van der Waals surface area contributed by atoms with Crippen LogP contribution < -0.4 is 20.1 Å². The molecule has 1 heterocycles. The summed E-state index contributed by atoms with van der Waals surface area (Å²) in [5.41, 5.74) is 2.10. The van der Waals surface area contributed by atoms with Crippen LogP contribution in [-0.2, 0) is 0 Å². The average molecular weight is 399 g/mol. The lowest BCUT2D eigenvalue weighted by atomic mass is 10.2. The Morgan fingerprint density at radius 1 is 1.00 bits per heavy atom. The number of ether oxygens (including phenoxy) is 2. The van der Waals surface area contributed by atoms with Gasteiger partial charge >= 0.3 is 0 Å². The van der Waals surface area contributed by atoms with Crippen molar-refractivity contribution in [1.29, 1.82) is 0 Å². The van der Waals surface area contributed by atoms with Crippen molar-refractivity contribution >= 4 is 34.8 Å². The molecule has 0 radical (unpaired) electrons. The van der Waals surface area contributed by atoms with E-state index in [4.69, 9.17) is 21.1 Å². The lowest BCUT2D eigenvalue weighted by Gasteiger charge is -2.13. The fourth-order valence-electron chi connectivity index (χ4n) is 2.54. The van der Waals surface area contributed by atoms with Crippen molar-refractivity contribution in [3.63, 3.8) is 0 Å². The Bertz CT molecular complexity index is 996. The van der Waals surface area contributed by atoms with E-state index < -0.39 is 5.91 Å². The van der Waals surface area contributed by atoms with Crippen LogP contribution in [0.1, 0.15) is 16.2 Å². The van der Waals surface area contributed by atoms with Gasteiger partial charge in [-0.05, 0) is 25.1 Å². The molecule has 0 unspecified atom stereocenters. The quantitative estimate of drug-likeness (QED) is 0.638. The number of aromatic nitrogens is 2. The summed E-state index contributed by atoms with van der Waals surface area (Å²) < 4.78 is 10.5. The number of methoxy groups -OCH3 is 2. The number of hydrogen-bond acceptors (Lipinski definition) is 6. The highest BCUT2D eigenvalue weighted by Crippen LogP contribution is 2.36. The molecule has 144 valence electrons. The van der Waals surface area contributed by atoms with E-state index in [0.717, 1.165) is 5.69 Å². The van der Waals surface area contributed by atoms with Crippen molar-refractivity contribution in [2.75, 3.05) is 24.9 Å². The first-order chi connectivity index (χ1) is 13.5. The number of para-hydroxylation sites is 1. The zero-order valence-electron chi connectivity index (χ0n) is 15.6. The number of hydrogen-bond donors (Lipinski definition) is 2. The summed E-state index contributed by atoms with van der Waals surface area (Å²) in [5, 5.41) is 6.24. The molecule has 0 saturated heterocycles. The molecule has 0 aliphatic rings. The molecular formula is C20H19ClN4O3. The van der Waals surface area contributed by atoms with Crippen molar-refractivity contribution in [2.24, 2.45) is 0 Å². The van der Waals surface area contributed by atoms with Gasteiger partial charge < -0.3 is 20.1 Å². The van der Waals surface area contributed by atoms with Gasteiger partial charge in [0, 0.05) is 23.5 Å². The summed E-state index contributed by atoms with van der Waals surface area (Å²) in [6.45, 7) is 1.79. The van der Waals surface area contributed by atoms with E-state index in [9.17, 15) is 4.79 Å². The van der Waals surface area contributed by atoms with Gasteiger partial charge in [0.25, 0.3) is 5.91 Å². The number of anilines is 3. The molecule has 8 heteroatoms. The molecular weight excluding hydrogens is 380 g/mol. The van der Waals surface area contributed by atoms with Gasteiger partial charge in [0.2, 0.25) is 5.95 Å². The summed E-state index contributed by atoms with van der Waals surface area (Å²) in [7, 11) is 2.99. The molecule has 28 heavy (non-hydrogen) atoms. The molecule has 0 aliphatic carbocycles. The third-order valence-electron chi connectivity index (χ3n) is 3.84. The smallest absolute Gasteiger partial charge is 0.274 e. The number of nitrogens with one attached hydrogen (secondary N) is 2. The van der Waals surface area contributed by atoms with E-state index in [1.54, 1.807) is 25.1 Å². The van der Waals surface area contributed by atoms with Gasteiger partial charge in [-0.25, -0.2) is 9.97 Å². The van der Waals surface area contributed by atoms with Crippen molar-refractivity contribution in [2.45, 2.75) is 6.92 Å². The Labute approximate surface area is 167 Å². The predicted octanol–water partition coefficient (Wildman–Crippen LogP) is 4.45. The number of rotatable bonds is 6. The maximum atomic E-state index is 12.8. The van der Waals surface area contributed by atoms with Crippen LogP contribution in [0.3, 0.4) is 0 Å². The zero-order valence-corrected chi connectivity index (χ0v) is 16.4. The minimum absolute atomic E-state index is 0.210. The van der Waals surface area contributed by atoms with Gasteiger partial charge in [-0.2, -0.15) is 0 Å². The van der Waals surface area contributed by atoms with E-state index >= 15 is 0 Å². The molecule has 3 aromatic rings. The lowest BCUT2D eigenvalue weighted by molar-refractivity contribution is 0.102. The molecule has 0 aliphatic heterocycles. The first-order valence-corrected chi connectivity index (χ1v) is 8.78. The molecule has 2 aromatic carbocycles. The topological polar surface area (TPSA) is 85.4 Å². The lowest BCUT2D eigenvalue weighted by Crippen LogP contribution is -2.16. The summed E-state index contributed by atoms with van der Waals surface area (Å²) in [6.07, 6.45) is 0. The summed E-state index contributed by atoms with van der Waals surface area (Å²) in [6, 6.07) is 14.2. The number of nitrogens with zero attached hydrogens (tertiary/aromatic N) is 2. The molecule has 1 aromatic heterocycles. The number of carbonyl (C=O) groups excluding carboxylic acids is 1. The van der Waals surface area contributed by atoms with E-state index in [-0.39, 0.29) is 5.69 Å². The van der Waals surface area contributed by atoms with E-state index in [1.807, 2.05) is 30.3 Å². The monoisotopic (exact) mass is 398 g/mol. The molecule has 0 spiro atoms. The number of halogens is 1. The number of benzene rings is 2. The summed E-state index contributed by atoms with van der Waals surface area (Å²) in [5.74, 6) is 0.747. The molecule has 0 fully saturated rings.